The lowest BCUT2D eigenvalue weighted by molar-refractivity contribution is 0.0950. The van der Waals surface area contributed by atoms with Crippen molar-refractivity contribution >= 4 is 11.6 Å². The molecule has 0 unspecified atom stereocenters. The number of rotatable bonds is 12. The van der Waals surface area contributed by atoms with Gasteiger partial charge >= 0.3 is 0 Å². The number of carbonyl (C=O) groups is 1. The molecule has 2 N–H and O–H groups in total. The minimum Gasteiger partial charge on any atom is -0.491 e. The number of nitrogens with one attached hydrogen (secondary N) is 2. The van der Waals surface area contributed by atoms with Crippen LogP contribution in [0.4, 0.5) is 5.69 Å². The summed E-state index contributed by atoms with van der Waals surface area (Å²) >= 11 is 0. The summed E-state index contributed by atoms with van der Waals surface area (Å²) in [5, 5.41) is 6.03. The van der Waals surface area contributed by atoms with Crippen molar-refractivity contribution in [3.8, 4) is 16.9 Å². The Hall–Kier alpha value is -3.56. The van der Waals surface area contributed by atoms with Crippen LogP contribution < -0.4 is 20.5 Å². The molecule has 228 valence electrons. The molecule has 9 heteroatoms. The number of H-pyrrole nitrogens is 1. The topological polar surface area (TPSA) is 91.8 Å². The van der Waals surface area contributed by atoms with Crippen LogP contribution in [0.15, 0.2) is 41.2 Å². The van der Waals surface area contributed by atoms with Crippen molar-refractivity contribution in [2.75, 3.05) is 45.9 Å². The monoisotopic (exact) mass is 577 g/mol. The van der Waals surface area contributed by atoms with E-state index in [0.717, 1.165) is 66.0 Å². The van der Waals surface area contributed by atoms with Gasteiger partial charge in [0.15, 0.2) is 0 Å². The zero-order chi connectivity index (χ0) is 30.4. The van der Waals surface area contributed by atoms with Gasteiger partial charge < -0.3 is 24.6 Å². The molecule has 0 saturated heterocycles. The van der Waals surface area contributed by atoms with Gasteiger partial charge in [0, 0.05) is 49.7 Å². The van der Waals surface area contributed by atoms with Crippen LogP contribution in [-0.2, 0) is 18.3 Å². The predicted octanol–water partition coefficient (Wildman–Crippen LogP) is 4.65. The maximum absolute atomic E-state index is 13.7. The molecule has 1 aromatic heterocycles. The zero-order valence-electron chi connectivity index (χ0n) is 26.3. The molecule has 0 aliphatic heterocycles. The van der Waals surface area contributed by atoms with E-state index >= 15 is 0 Å². The molecule has 1 saturated carbocycles. The number of anilines is 1. The normalized spacial score (nSPS) is 17.0. The first-order valence-corrected chi connectivity index (χ1v) is 15.0. The Labute approximate surface area is 249 Å². The molecule has 42 heavy (non-hydrogen) atoms. The first-order valence-electron chi connectivity index (χ1n) is 15.0. The van der Waals surface area contributed by atoms with Gasteiger partial charge in [0.2, 0.25) is 0 Å². The number of methoxy groups -OCH3 is 1. The van der Waals surface area contributed by atoms with Crippen LogP contribution in [0.2, 0.25) is 0 Å². The summed E-state index contributed by atoms with van der Waals surface area (Å²) in [6, 6.07) is 13.2. The van der Waals surface area contributed by atoms with Crippen LogP contribution >= 0.6 is 0 Å². The third-order valence-corrected chi connectivity index (χ3v) is 8.63. The van der Waals surface area contributed by atoms with E-state index in [1.165, 1.54) is 4.68 Å². The molecule has 1 fully saturated rings. The highest BCUT2D eigenvalue weighted by Gasteiger charge is 2.28. The second-order valence-electron chi connectivity index (χ2n) is 11.5. The second-order valence-corrected chi connectivity index (χ2v) is 11.5. The van der Waals surface area contributed by atoms with Gasteiger partial charge in [0.1, 0.15) is 12.4 Å². The Morgan fingerprint density at radius 3 is 2.26 bits per heavy atom. The summed E-state index contributed by atoms with van der Waals surface area (Å²) in [5.41, 5.74) is 5.83. The van der Waals surface area contributed by atoms with E-state index in [-0.39, 0.29) is 18.0 Å². The highest BCUT2D eigenvalue weighted by Crippen LogP contribution is 2.36. The Kier molecular flexibility index (Phi) is 10.5. The Bertz CT molecular complexity index is 1400. The quantitative estimate of drug-likeness (QED) is 0.305. The van der Waals surface area contributed by atoms with Crippen molar-refractivity contribution in [1.82, 2.24) is 20.0 Å². The number of amides is 1. The summed E-state index contributed by atoms with van der Waals surface area (Å²) in [4.78, 5) is 31.1. The third-order valence-electron chi connectivity index (χ3n) is 8.63. The minimum absolute atomic E-state index is 0.128. The molecule has 1 amide bonds. The lowest BCUT2D eigenvalue weighted by Crippen LogP contribution is -2.42. The van der Waals surface area contributed by atoms with Gasteiger partial charge in [-0.2, -0.15) is 0 Å². The Balaban J connectivity index is 1.68. The van der Waals surface area contributed by atoms with Crippen LogP contribution in [0.1, 0.15) is 59.8 Å². The van der Waals surface area contributed by atoms with Crippen molar-refractivity contribution in [3.63, 3.8) is 0 Å². The van der Waals surface area contributed by atoms with E-state index in [4.69, 9.17) is 9.47 Å². The molecule has 2 aromatic carbocycles. The first-order chi connectivity index (χ1) is 20.1. The van der Waals surface area contributed by atoms with Gasteiger partial charge in [-0.1, -0.05) is 12.1 Å². The highest BCUT2D eigenvalue weighted by molar-refractivity contribution is 5.99. The average Bonchev–Trinajstić information content (AvgIpc) is 3.23. The van der Waals surface area contributed by atoms with E-state index in [0.29, 0.717) is 36.4 Å². The zero-order valence-corrected chi connectivity index (χ0v) is 26.3. The third kappa shape index (κ3) is 7.07. The van der Waals surface area contributed by atoms with E-state index in [2.05, 4.69) is 47.3 Å². The average molecular weight is 578 g/mol. The number of aromatic amines is 1. The molecule has 0 radical (unpaired) electrons. The number of aryl methyl sites for hydroxylation is 2. The number of hydrogen-bond acceptors (Lipinski definition) is 6. The van der Waals surface area contributed by atoms with Gasteiger partial charge in [-0.25, -0.2) is 0 Å². The lowest BCUT2D eigenvalue weighted by atomic mass is 9.88. The molecule has 4 rings (SSSR count). The fraction of sp³-hybridized carbons (Fsp3) is 0.515. The molecular formula is C33H47N5O4. The summed E-state index contributed by atoms with van der Waals surface area (Å²) in [7, 11) is 7.67. The summed E-state index contributed by atoms with van der Waals surface area (Å²) < 4.78 is 12.3. The number of aromatic nitrogens is 2. The number of carbonyl (C=O) groups excluding carboxylic acids is 1. The van der Waals surface area contributed by atoms with Gasteiger partial charge in [-0.05, 0) is 102 Å². The van der Waals surface area contributed by atoms with Crippen molar-refractivity contribution < 1.29 is 14.3 Å². The molecule has 1 aliphatic carbocycles. The van der Waals surface area contributed by atoms with Gasteiger partial charge in [0.05, 0.1) is 18.7 Å². The number of nitrogens with zero attached hydrogens (tertiary/aromatic N) is 3. The number of hydrogen-bond donors (Lipinski definition) is 2. The number of benzene rings is 2. The maximum Gasteiger partial charge on any atom is 0.271 e. The molecule has 1 aliphatic rings. The van der Waals surface area contributed by atoms with Crippen LogP contribution in [0.25, 0.3) is 11.1 Å². The second kappa shape index (κ2) is 14.1. The molecule has 1 heterocycles. The predicted molar refractivity (Wildman–Crippen MR) is 169 cm³/mol. The van der Waals surface area contributed by atoms with E-state index in [9.17, 15) is 9.59 Å². The Morgan fingerprint density at radius 2 is 1.69 bits per heavy atom. The van der Waals surface area contributed by atoms with E-state index in [1.54, 1.807) is 14.2 Å². The molecule has 3 aromatic rings. The summed E-state index contributed by atoms with van der Waals surface area (Å²) in [6.07, 6.45) is 4.56. The molecular weight excluding hydrogens is 530 g/mol. The van der Waals surface area contributed by atoms with Crippen molar-refractivity contribution in [3.05, 3.63) is 69.1 Å². The van der Waals surface area contributed by atoms with E-state index < -0.39 is 0 Å². The van der Waals surface area contributed by atoms with Crippen LogP contribution in [0.5, 0.6) is 5.75 Å². The summed E-state index contributed by atoms with van der Waals surface area (Å²) in [6.45, 7) is 8.11. The van der Waals surface area contributed by atoms with Gasteiger partial charge in [-0.15, -0.1) is 0 Å². The number of ether oxygens (including phenoxy) is 2. The van der Waals surface area contributed by atoms with Crippen LogP contribution in [-0.4, -0.2) is 73.6 Å². The van der Waals surface area contributed by atoms with Crippen molar-refractivity contribution in [1.29, 1.82) is 0 Å². The molecule has 9 nitrogen and oxygen atoms in total. The smallest absolute Gasteiger partial charge is 0.271 e. The first kappa shape index (κ1) is 31.4. The summed E-state index contributed by atoms with van der Waals surface area (Å²) in [5.74, 6) is 0.586. The fourth-order valence-electron chi connectivity index (χ4n) is 6.10. The lowest BCUT2D eigenvalue weighted by Gasteiger charge is -2.40. The molecule has 0 bridgehead atoms. The minimum atomic E-state index is -0.190. The molecule has 0 atom stereocenters. The van der Waals surface area contributed by atoms with Crippen molar-refractivity contribution in [2.24, 2.45) is 7.05 Å². The van der Waals surface area contributed by atoms with Crippen LogP contribution in [0, 0.1) is 13.8 Å². The van der Waals surface area contributed by atoms with E-state index in [1.807, 2.05) is 44.2 Å². The van der Waals surface area contributed by atoms with Gasteiger partial charge in [-0.3, -0.25) is 19.4 Å². The van der Waals surface area contributed by atoms with Crippen LogP contribution in [0.3, 0.4) is 0 Å². The fourth-order valence-corrected chi connectivity index (χ4v) is 6.10. The van der Waals surface area contributed by atoms with Crippen molar-refractivity contribution in [2.45, 2.75) is 65.1 Å². The standard InChI is InChI=1S/C33H47N5O4/c1-8-38(27-13-11-26(12-14-27)36(4)5)31-20-25(24-9-15-28(16-10-24)42-18-17-41-7)19-29(22(31)2)32(39)34-21-30-23(3)35-37(6)33(30)40/h9-10,15-16,19-20,26-27,35H,8,11-14,17-18,21H2,1-7H3,(H,34,39). The SMILES string of the molecule is CCN(c1cc(-c2ccc(OCCOC)cc2)cc(C(=O)NCc2c(C)[nH]n(C)c2=O)c1C)C1CCC(N(C)C)CC1. The molecule has 0 spiro atoms. The Morgan fingerprint density at radius 1 is 1.02 bits per heavy atom. The largest absolute Gasteiger partial charge is 0.491 e. The van der Waals surface area contributed by atoms with Gasteiger partial charge in [0.25, 0.3) is 11.5 Å². The highest BCUT2D eigenvalue weighted by atomic mass is 16.5. The maximum atomic E-state index is 13.7.